The van der Waals surface area contributed by atoms with Crippen LogP contribution in [-0.2, 0) is 0 Å². The van der Waals surface area contributed by atoms with Gasteiger partial charge in [0.1, 0.15) is 0 Å². The summed E-state index contributed by atoms with van der Waals surface area (Å²) in [5, 5.41) is 0.504. The number of fused-ring (bicyclic) bond motifs is 1. The Morgan fingerprint density at radius 2 is 1.43 bits per heavy atom. The first kappa shape index (κ1) is 16.8. The second kappa shape index (κ2) is 5.90. The third-order valence-electron chi connectivity index (χ3n) is 3.37. The molecule has 0 aliphatic carbocycles. The zero-order valence-corrected chi connectivity index (χ0v) is 16.0. The lowest BCUT2D eigenvalue weighted by molar-refractivity contribution is 0.789. The summed E-state index contributed by atoms with van der Waals surface area (Å²) in [5.74, 6) is 0. The topological polar surface area (TPSA) is 25.8 Å². The molecule has 114 valence electrons. The van der Waals surface area contributed by atoms with Crippen molar-refractivity contribution < 1.29 is 0 Å². The molecule has 2 rings (SSSR count). The van der Waals surface area contributed by atoms with Crippen LogP contribution in [0, 0.1) is 0 Å². The molecule has 1 aromatic heterocycles. The van der Waals surface area contributed by atoms with Gasteiger partial charge in [-0.15, -0.1) is 0 Å². The van der Waals surface area contributed by atoms with E-state index >= 15 is 0 Å². The highest BCUT2D eigenvalue weighted by atomic mass is 31.1. The normalized spacial score (nSPS) is 15.0. The van der Waals surface area contributed by atoms with E-state index in [1.54, 1.807) is 0 Å². The van der Waals surface area contributed by atoms with Crippen LogP contribution in [0.4, 0.5) is 0 Å². The molecular weight excluding hydrogens is 294 g/mol. The molecule has 1 aromatic carbocycles. The van der Waals surface area contributed by atoms with Crippen molar-refractivity contribution in [3.63, 3.8) is 0 Å². The fourth-order valence-electron chi connectivity index (χ4n) is 1.98. The first-order valence-corrected chi connectivity index (χ1v) is 10.2. The Hall–Kier alpha value is -0.580. The lowest BCUT2D eigenvalue weighted by Crippen LogP contribution is -2.33. The minimum absolute atomic E-state index is 0.250. The SMILES string of the molecule is C[P@](c1nc2ccccc2nc1PC(C)(C)C)C(C)(C)C. The molecule has 2 nitrogen and oxygen atoms in total. The summed E-state index contributed by atoms with van der Waals surface area (Å²) in [5.41, 5.74) is 4.49. The summed E-state index contributed by atoms with van der Waals surface area (Å²) in [4.78, 5) is 9.96. The maximum atomic E-state index is 5.00. The molecule has 0 N–H and O–H groups in total. The summed E-state index contributed by atoms with van der Waals surface area (Å²) in [6.07, 6.45) is 0. The highest BCUT2D eigenvalue weighted by Gasteiger charge is 2.27. The predicted molar refractivity (Wildman–Crippen MR) is 99.5 cm³/mol. The van der Waals surface area contributed by atoms with E-state index in [1.807, 2.05) is 12.1 Å². The van der Waals surface area contributed by atoms with Gasteiger partial charge in [0.25, 0.3) is 0 Å². The van der Waals surface area contributed by atoms with Crippen LogP contribution in [0.3, 0.4) is 0 Å². The third kappa shape index (κ3) is 4.21. The van der Waals surface area contributed by atoms with Crippen molar-refractivity contribution >= 4 is 38.4 Å². The zero-order chi connectivity index (χ0) is 15.8. The Labute approximate surface area is 131 Å². The molecular formula is C17H26N2P2. The molecule has 0 saturated heterocycles. The molecule has 0 fully saturated rings. The van der Waals surface area contributed by atoms with Gasteiger partial charge in [-0.3, -0.25) is 0 Å². The summed E-state index contributed by atoms with van der Waals surface area (Å²) in [6, 6.07) is 8.22. The number of hydrogen-bond acceptors (Lipinski definition) is 2. The van der Waals surface area contributed by atoms with Gasteiger partial charge in [0.05, 0.1) is 21.9 Å². The van der Waals surface area contributed by atoms with Gasteiger partial charge >= 0.3 is 0 Å². The third-order valence-corrected chi connectivity index (χ3v) is 7.87. The molecule has 0 saturated carbocycles. The molecule has 0 spiro atoms. The monoisotopic (exact) mass is 320 g/mol. The summed E-state index contributed by atoms with van der Waals surface area (Å²) < 4.78 is 0. The quantitative estimate of drug-likeness (QED) is 0.772. The standard InChI is InChI=1S/C17H26N2P2/c1-16(2,3)20-14-15(21(7)17(4,5)6)19-13-11-9-8-10-12(13)18-14/h8-11,20H,1-7H3/t21-/m1/s1. The summed E-state index contributed by atoms with van der Waals surface area (Å²) >= 11 is 0. The minimum Gasteiger partial charge on any atom is -0.244 e. The Bertz CT molecular complexity index is 639. The molecule has 0 radical (unpaired) electrons. The average Bonchev–Trinajstić information content (AvgIpc) is 2.34. The van der Waals surface area contributed by atoms with Crippen LogP contribution in [0.2, 0.25) is 0 Å². The average molecular weight is 320 g/mol. The fourth-order valence-corrected chi connectivity index (χ4v) is 4.97. The van der Waals surface area contributed by atoms with Crippen molar-refractivity contribution in [3.05, 3.63) is 24.3 Å². The Balaban J connectivity index is 2.61. The summed E-state index contributed by atoms with van der Waals surface area (Å²) in [6.45, 7) is 16.1. The minimum atomic E-state index is -0.330. The molecule has 2 atom stereocenters. The van der Waals surface area contributed by atoms with Gasteiger partial charge < -0.3 is 0 Å². The number of rotatable bonds is 2. The van der Waals surface area contributed by atoms with Crippen molar-refractivity contribution in [1.29, 1.82) is 0 Å². The number of nitrogens with zero attached hydrogens (tertiary/aromatic N) is 2. The van der Waals surface area contributed by atoms with Gasteiger partial charge in [-0.05, 0) is 29.1 Å². The van der Waals surface area contributed by atoms with Crippen molar-refractivity contribution in [2.24, 2.45) is 0 Å². The number of para-hydroxylation sites is 2. The largest absolute Gasteiger partial charge is 0.244 e. The van der Waals surface area contributed by atoms with Crippen molar-refractivity contribution in [3.8, 4) is 0 Å². The van der Waals surface area contributed by atoms with Gasteiger partial charge in [0, 0.05) is 0 Å². The van der Waals surface area contributed by atoms with E-state index in [2.05, 4.69) is 60.3 Å². The van der Waals surface area contributed by atoms with Crippen LogP contribution >= 0.6 is 16.5 Å². The van der Waals surface area contributed by atoms with Crippen LogP contribution in [0.15, 0.2) is 24.3 Å². The molecule has 4 heteroatoms. The molecule has 0 bridgehead atoms. The van der Waals surface area contributed by atoms with Crippen LogP contribution in [0.5, 0.6) is 0 Å². The molecule has 21 heavy (non-hydrogen) atoms. The molecule has 1 unspecified atom stereocenters. The lowest BCUT2D eigenvalue weighted by Gasteiger charge is -2.30. The zero-order valence-electron chi connectivity index (χ0n) is 14.2. The number of aromatic nitrogens is 2. The molecule has 0 aliphatic heterocycles. The molecule has 1 heterocycles. The second-order valence-electron chi connectivity index (χ2n) is 7.49. The van der Waals surface area contributed by atoms with Crippen molar-refractivity contribution in [2.75, 3.05) is 6.66 Å². The molecule has 0 amide bonds. The van der Waals surface area contributed by atoms with Gasteiger partial charge in [-0.1, -0.05) is 70.2 Å². The van der Waals surface area contributed by atoms with E-state index < -0.39 is 0 Å². The second-order valence-corrected chi connectivity index (χ2v) is 12.6. The van der Waals surface area contributed by atoms with Crippen LogP contribution in [0.1, 0.15) is 41.5 Å². The van der Waals surface area contributed by atoms with Crippen molar-refractivity contribution in [2.45, 2.75) is 51.9 Å². The predicted octanol–water partition coefficient (Wildman–Crippen LogP) is 4.27. The van der Waals surface area contributed by atoms with Gasteiger partial charge in [-0.2, -0.15) is 0 Å². The smallest absolute Gasteiger partial charge is 0.0897 e. The number of benzene rings is 1. The highest BCUT2D eigenvalue weighted by Crippen LogP contribution is 2.45. The van der Waals surface area contributed by atoms with Gasteiger partial charge in [0.15, 0.2) is 0 Å². The summed E-state index contributed by atoms with van der Waals surface area (Å²) in [7, 11) is 0.360. The maximum absolute atomic E-state index is 5.00. The van der Waals surface area contributed by atoms with E-state index in [1.165, 1.54) is 10.9 Å². The maximum Gasteiger partial charge on any atom is 0.0897 e. The highest BCUT2D eigenvalue weighted by molar-refractivity contribution is 7.68. The van der Waals surface area contributed by atoms with E-state index in [4.69, 9.17) is 9.97 Å². The van der Waals surface area contributed by atoms with E-state index in [0.29, 0.717) is 8.58 Å². The first-order valence-electron chi connectivity index (χ1n) is 7.37. The Morgan fingerprint density at radius 3 is 1.90 bits per heavy atom. The van der Waals surface area contributed by atoms with Gasteiger partial charge in [0.2, 0.25) is 0 Å². The van der Waals surface area contributed by atoms with E-state index in [-0.39, 0.29) is 18.2 Å². The van der Waals surface area contributed by atoms with Crippen LogP contribution < -0.4 is 10.9 Å². The molecule has 2 aromatic rings. The lowest BCUT2D eigenvalue weighted by atomic mass is 10.3. The fraction of sp³-hybridized carbons (Fsp3) is 0.529. The van der Waals surface area contributed by atoms with Gasteiger partial charge in [-0.25, -0.2) is 9.97 Å². The van der Waals surface area contributed by atoms with Crippen LogP contribution in [-0.4, -0.2) is 26.9 Å². The van der Waals surface area contributed by atoms with Crippen molar-refractivity contribution in [1.82, 2.24) is 9.97 Å². The Kier molecular flexibility index (Phi) is 4.72. The first-order chi connectivity index (χ1) is 9.58. The molecule has 0 aliphatic rings. The van der Waals surface area contributed by atoms with E-state index in [9.17, 15) is 0 Å². The number of hydrogen-bond donors (Lipinski definition) is 0. The van der Waals surface area contributed by atoms with E-state index in [0.717, 1.165) is 11.0 Å². The van der Waals surface area contributed by atoms with Crippen LogP contribution in [0.25, 0.3) is 11.0 Å². The Morgan fingerprint density at radius 1 is 0.905 bits per heavy atom.